The van der Waals surface area contributed by atoms with Gasteiger partial charge in [-0.1, -0.05) is 20.3 Å². The fourth-order valence-electron chi connectivity index (χ4n) is 8.79. The van der Waals surface area contributed by atoms with Crippen molar-refractivity contribution in [1.29, 1.82) is 0 Å². The van der Waals surface area contributed by atoms with Crippen LogP contribution in [0.5, 0.6) is 0 Å². The molecule has 0 unspecified atom stereocenters. The predicted molar refractivity (Wildman–Crippen MR) is 102 cm³/mol. The second kappa shape index (κ2) is 5.94. The summed E-state index contributed by atoms with van der Waals surface area (Å²) in [6.45, 7) is 7.64. The van der Waals surface area contributed by atoms with Crippen LogP contribution in [0.2, 0.25) is 0 Å². The van der Waals surface area contributed by atoms with Crippen molar-refractivity contribution >= 4 is 0 Å². The van der Waals surface area contributed by atoms with Crippen LogP contribution in [0, 0.1) is 34.5 Å². The number of rotatable bonds is 0. The zero-order valence-corrected chi connectivity index (χ0v) is 17.5. The van der Waals surface area contributed by atoms with E-state index in [1.807, 2.05) is 0 Å². The summed E-state index contributed by atoms with van der Waals surface area (Å²) in [5, 5.41) is 11.5. The second-order valence-electron chi connectivity index (χ2n) is 11.2. The maximum Gasteiger partial charge on any atom is 0.172 e. The van der Waals surface area contributed by atoms with Crippen LogP contribution < -0.4 is 0 Å². The van der Waals surface area contributed by atoms with Crippen molar-refractivity contribution in [2.75, 3.05) is 26.4 Å². The highest BCUT2D eigenvalue weighted by molar-refractivity contribution is 5.16. The zero-order chi connectivity index (χ0) is 19.2. The lowest BCUT2D eigenvalue weighted by Crippen LogP contribution is -2.67. The Hall–Kier alpha value is -0.200. The molecule has 2 spiro atoms. The average molecular weight is 393 g/mol. The molecule has 4 aliphatic carbocycles. The molecule has 2 aliphatic heterocycles. The van der Waals surface area contributed by atoms with E-state index in [0.29, 0.717) is 44.2 Å². The van der Waals surface area contributed by atoms with Crippen LogP contribution in [0.15, 0.2) is 0 Å². The smallest absolute Gasteiger partial charge is 0.172 e. The van der Waals surface area contributed by atoms with E-state index >= 15 is 0 Å². The molecule has 1 N–H and O–H groups in total. The third-order valence-electron chi connectivity index (χ3n) is 9.99. The molecule has 0 bridgehead atoms. The molecule has 6 fully saturated rings. The molecule has 7 atom stereocenters. The normalized spacial score (nSPS) is 53.9. The Bertz CT molecular complexity index is 639. The van der Waals surface area contributed by atoms with Crippen molar-refractivity contribution in [2.24, 2.45) is 34.5 Å². The molecule has 5 heteroatoms. The summed E-state index contributed by atoms with van der Waals surface area (Å²) in [7, 11) is 0. The van der Waals surface area contributed by atoms with Crippen LogP contribution >= 0.6 is 0 Å². The summed E-state index contributed by atoms with van der Waals surface area (Å²) in [5.41, 5.74) is 0.342. The van der Waals surface area contributed by atoms with Crippen LogP contribution in [0.3, 0.4) is 0 Å². The Balaban J connectivity index is 1.43. The van der Waals surface area contributed by atoms with E-state index in [0.717, 1.165) is 32.1 Å². The number of fused-ring (bicyclic) bond motifs is 6. The van der Waals surface area contributed by atoms with E-state index in [-0.39, 0.29) is 22.9 Å². The number of hydrogen-bond donors (Lipinski definition) is 1. The minimum Gasteiger partial charge on any atom is -0.393 e. The quantitative estimate of drug-likeness (QED) is 0.684. The van der Waals surface area contributed by atoms with Crippen molar-refractivity contribution in [3.8, 4) is 0 Å². The van der Waals surface area contributed by atoms with Gasteiger partial charge in [0.05, 0.1) is 32.5 Å². The molecule has 28 heavy (non-hydrogen) atoms. The van der Waals surface area contributed by atoms with Crippen LogP contribution in [-0.4, -0.2) is 49.2 Å². The van der Waals surface area contributed by atoms with Gasteiger partial charge in [-0.15, -0.1) is 0 Å². The van der Waals surface area contributed by atoms with Gasteiger partial charge < -0.3 is 24.1 Å². The lowest BCUT2D eigenvalue weighted by molar-refractivity contribution is -0.327. The van der Waals surface area contributed by atoms with E-state index in [2.05, 4.69) is 13.8 Å². The fourth-order valence-corrected chi connectivity index (χ4v) is 8.79. The van der Waals surface area contributed by atoms with Crippen LogP contribution in [0.25, 0.3) is 0 Å². The van der Waals surface area contributed by atoms with E-state index in [4.69, 9.17) is 18.9 Å². The monoisotopic (exact) mass is 392 g/mol. The lowest BCUT2D eigenvalue weighted by Gasteiger charge is -2.66. The van der Waals surface area contributed by atoms with E-state index in [9.17, 15) is 5.11 Å². The highest BCUT2D eigenvalue weighted by Crippen LogP contribution is 2.70. The van der Waals surface area contributed by atoms with Gasteiger partial charge in [0.25, 0.3) is 0 Å². The molecule has 0 aromatic rings. The number of aliphatic hydroxyl groups excluding tert-OH is 1. The summed E-state index contributed by atoms with van der Waals surface area (Å²) < 4.78 is 25.2. The molecular formula is C23H36O5. The third-order valence-corrected chi connectivity index (χ3v) is 9.99. The van der Waals surface area contributed by atoms with Crippen LogP contribution in [0.1, 0.15) is 65.2 Å². The van der Waals surface area contributed by atoms with Crippen molar-refractivity contribution in [2.45, 2.75) is 82.9 Å². The molecule has 4 saturated carbocycles. The minimum absolute atomic E-state index is 0.106. The SMILES string of the molecule is C[C@@]12CCC[C@H]1[C@H]1[C@H]([C@H](O)C2)[C@@]2(C)CCC3(C[C@@H]2CC12OCCO2)OCCO3. The van der Waals surface area contributed by atoms with Gasteiger partial charge in [0.1, 0.15) is 0 Å². The second-order valence-corrected chi connectivity index (χ2v) is 11.2. The van der Waals surface area contributed by atoms with Crippen molar-refractivity contribution in [3.05, 3.63) is 0 Å². The molecule has 0 aromatic carbocycles. The Kier molecular flexibility index (Phi) is 3.94. The molecule has 5 nitrogen and oxygen atoms in total. The highest BCUT2D eigenvalue weighted by Gasteiger charge is 2.70. The van der Waals surface area contributed by atoms with Gasteiger partial charge in [0.15, 0.2) is 11.6 Å². The van der Waals surface area contributed by atoms with Gasteiger partial charge in [-0.2, -0.15) is 0 Å². The molecular weight excluding hydrogens is 356 g/mol. The van der Waals surface area contributed by atoms with Crippen LogP contribution in [0.4, 0.5) is 0 Å². The molecule has 0 aromatic heterocycles. The molecule has 2 heterocycles. The maximum atomic E-state index is 11.5. The molecule has 158 valence electrons. The van der Waals surface area contributed by atoms with Crippen molar-refractivity contribution in [3.63, 3.8) is 0 Å². The van der Waals surface area contributed by atoms with E-state index in [1.54, 1.807) is 0 Å². The third kappa shape index (κ3) is 2.31. The topological polar surface area (TPSA) is 57.2 Å². The molecule has 6 rings (SSSR count). The summed E-state index contributed by atoms with van der Waals surface area (Å²) in [6.07, 6.45) is 8.31. The van der Waals surface area contributed by atoms with Gasteiger partial charge in [0.2, 0.25) is 0 Å². The Morgan fingerprint density at radius 2 is 1.50 bits per heavy atom. The van der Waals surface area contributed by atoms with Crippen molar-refractivity contribution in [1.82, 2.24) is 0 Å². The van der Waals surface area contributed by atoms with E-state index in [1.165, 1.54) is 19.3 Å². The predicted octanol–water partition coefficient (Wildman–Crippen LogP) is 3.49. The Labute approximate surface area is 168 Å². The standard InChI is InChI=1S/C23H36O5/c1-20-5-3-4-16(20)18-19(17(24)14-20)21(2)6-7-22(25-8-9-26-22)12-15(21)13-23(18)27-10-11-28-23/h15-19,24H,3-14H2,1-2H3/t15-,16+,17-,18+,19+,20+,21+/m1/s1. The van der Waals surface area contributed by atoms with Gasteiger partial charge in [-0.25, -0.2) is 0 Å². The first-order valence-electron chi connectivity index (χ1n) is 11.6. The molecule has 2 saturated heterocycles. The fraction of sp³-hybridized carbons (Fsp3) is 1.00. The number of hydrogen-bond acceptors (Lipinski definition) is 5. The lowest BCUT2D eigenvalue weighted by atomic mass is 9.42. The first kappa shape index (κ1) is 18.6. The Morgan fingerprint density at radius 3 is 2.25 bits per heavy atom. The molecule has 0 radical (unpaired) electrons. The summed E-state index contributed by atoms with van der Waals surface area (Å²) in [5.74, 6) is 0.652. The van der Waals surface area contributed by atoms with Gasteiger partial charge >= 0.3 is 0 Å². The average Bonchev–Trinajstić information content (AvgIpc) is 3.37. The number of ether oxygens (including phenoxy) is 4. The molecule has 6 aliphatic rings. The zero-order valence-electron chi connectivity index (χ0n) is 17.5. The maximum absolute atomic E-state index is 11.5. The molecule has 0 amide bonds. The minimum atomic E-state index is -0.510. The van der Waals surface area contributed by atoms with Gasteiger partial charge in [-0.05, 0) is 54.3 Å². The van der Waals surface area contributed by atoms with Gasteiger partial charge in [-0.3, -0.25) is 0 Å². The Morgan fingerprint density at radius 1 is 0.786 bits per heavy atom. The van der Waals surface area contributed by atoms with Crippen LogP contribution in [-0.2, 0) is 18.9 Å². The first-order valence-corrected chi connectivity index (χ1v) is 11.6. The largest absolute Gasteiger partial charge is 0.393 e. The summed E-state index contributed by atoms with van der Waals surface area (Å²) in [6, 6.07) is 0. The summed E-state index contributed by atoms with van der Waals surface area (Å²) in [4.78, 5) is 0. The van der Waals surface area contributed by atoms with Gasteiger partial charge in [0, 0.05) is 25.2 Å². The van der Waals surface area contributed by atoms with Crippen molar-refractivity contribution < 1.29 is 24.1 Å². The first-order chi connectivity index (χ1) is 13.4. The van der Waals surface area contributed by atoms with E-state index < -0.39 is 11.6 Å². The highest BCUT2D eigenvalue weighted by atomic mass is 16.7. The number of aliphatic hydroxyl groups is 1. The summed E-state index contributed by atoms with van der Waals surface area (Å²) >= 11 is 0.